The fourth-order valence-corrected chi connectivity index (χ4v) is 5.35. The fraction of sp³-hybridized carbons (Fsp3) is 0.417. The largest absolute Gasteiger partial charge is 0.492 e. The number of hydrogen-bond donors (Lipinski definition) is 0. The Morgan fingerprint density at radius 2 is 1.81 bits per heavy atom. The molecule has 0 unspecified atom stereocenters. The number of rotatable bonds is 3. The minimum absolute atomic E-state index is 0.288. The lowest BCUT2D eigenvalue weighted by molar-refractivity contribution is 0.147. The minimum atomic E-state index is -3.28. The zero-order valence-corrected chi connectivity index (χ0v) is 19.3. The molecule has 32 heavy (non-hydrogen) atoms. The molecule has 168 valence electrons. The van der Waals surface area contributed by atoms with Gasteiger partial charge in [0.2, 0.25) is 5.95 Å². The smallest absolute Gasteiger partial charge is 0.226 e. The van der Waals surface area contributed by atoms with E-state index in [1.807, 2.05) is 13.0 Å². The molecule has 0 spiro atoms. The molecule has 3 aromatic rings. The topological polar surface area (TPSA) is 75.6 Å². The number of piperidine rings is 1. The first kappa shape index (κ1) is 21.2. The Morgan fingerprint density at radius 3 is 2.59 bits per heavy atom. The Bertz CT molecular complexity index is 1250. The summed E-state index contributed by atoms with van der Waals surface area (Å²) in [6.45, 7) is 6.27. The molecule has 0 atom stereocenters. The van der Waals surface area contributed by atoms with E-state index in [1.54, 1.807) is 18.2 Å². The monoisotopic (exact) mass is 452 g/mol. The number of benzene rings is 2. The lowest BCUT2D eigenvalue weighted by Crippen LogP contribution is -2.45. The van der Waals surface area contributed by atoms with Crippen LogP contribution in [-0.2, 0) is 16.4 Å². The standard InChI is InChI=1S/C24H28N4O3S/c1-17-21-8-7-20(32(2,29)30)15-22(21)26-24(25-17)27-11-9-19(10-12-27)28-13-14-31-23-6-4-3-5-18(23)16-28/h3-8,15,19H,9-14,16H2,1-2H3. The quantitative estimate of drug-likeness (QED) is 0.604. The molecule has 1 saturated heterocycles. The molecule has 0 saturated carbocycles. The van der Waals surface area contributed by atoms with Gasteiger partial charge in [-0.25, -0.2) is 18.4 Å². The number of aryl methyl sites for hydroxylation is 1. The van der Waals surface area contributed by atoms with Gasteiger partial charge in [0.15, 0.2) is 9.84 Å². The van der Waals surface area contributed by atoms with Crippen molar-refractivity contribution in [3.63, 3.8) is 0 Å². The first-order valence-corrected chi connectivity index (χ1v) is 13.0. The van der Waals surface area contributed by atoms with Crippen LogP contribution < -0.4 is 9.64 Å². The maximum Gasteiger partial charge on any atom is 0.226 e. The SMILES string of the molecule is Cc1nc(N2CCC(N3CCOc4ccccc4C3)CC2)nc2cc(S(C)(=O)=O)ccc12. The third-order valence-corrected chi connectivity index (χ3v) is 7.63. The summed E-state index contributed by atoms with van der Waals surface area (Å²) in [6, 6.07) is 13.9. The predicted octanol–water partition coefficient (Wildman–Crippen LogP) is 3.21. The molecule has 3 heterocycles. The Balaban J connectivity index is 1.33. The molecule has 2 aliphatic heterocycles. The van der Waals surface area contributed by atoms with Crippen LogP contribution in [0.25, 0.3) is 10.9 Å². The second kappa shape index (κ2) is 8.33. The van der Waals surface area contributed by atoms with Gasteiger partial charge in [-0.05, 0) is 44.0 Å². The van der Waals surface area contributed by atoms with Crippen molar-refractivity contribution in [3.8, 4) is 5.75 Å². The summed E-state index contributed by atoms with van der Waals surface area (Å²) in [5.41, 5.74) is 2.80. The third kappa shape index (κ3) is 4.17. The first-order chi connectivity index (χ1) is 15.4. The molecule has 1 fully saturated rings. The van der Waals surface area contributed by atoms with Crippen molar-refractivity contribution in [1.29, 1.82) is 0 Å². The van der Waals surface area contributed by atoms with E-state index >= 15 is 0 Å². The van der Waals surface area contributed by atoms with Gasteiger partial charge >= 0.3 is 0 Å². The van der Waals surface area contributed by atoms with Crippen LogP contribution in [0.2, 0.25) is 0 Å². The van der Waals surface area contributed by atoms with Gasteiger partial charge in [-0.3, -0.25) is 4.90 Å². The summed E-state index contributed by atoms with van der Waals surface area (Å²) in [6.07, 6.45) is 3.29. The Kier molecular flexibility index (Phi) is 5.51. The summed E-state index contributed by atoms with van der Waals surface area (Å²) in [4.78, 5) is 14.5. The Hall–Kier alpha value is -2.71. The van der Waals surface area contributed by atoms with Crippen LogP contribution in [-0.4, -0.2) is 61.8 Å². The van der Waals surface area contributed by atoms with E-state index in [4.69, 9.17) is 14.7 Å². The Morgan fingerprint density at radius 1 is 1.03 bits per heavy atom. The number of para-hydroxylation sites is 1. The van der Waals surface area contributed by atoms with Crippen molar-refractivity contribution < 1.29 is 13.2 Å². The van der Waals surface area contributed by atoms with Crippen molar-refractivity contribution >= 4 is 26.7 Å². The summed E-state index contributed by atoms with van der Waals surface area (Å²) in [5, 5.41) is 0.888. The number of fused-ring (bicyclic) bond motifs is 2. The van der Waals surface area contributed by atoms with Crippen molar-refractivity contribution in [3.05, 3.63) is 53.7 Å². The van der Waals surface area contributed by atoms with Gasteiger partial charge in [0.25, 0.3) is 0 Å². The summed E-state index contributed by atoms with van der Waals surface area (Å²) >= 11 is 0. The van der Waals surface area contributed by atoms with E-state index in [1.165, 1.54) is 11.8 Å². The number of sulfone groups is 1. The Labute approximate surface area is 189 Å². The van der Waals surface area contributed by atoms with Crippen LogP contribution in [0, 0.1) is 6.92 Å². The molecule has 0 radical (unpaired) electrons. The molecule has 0 amide bonds. The van der Waals surface area contributed by atoms with Crippen LogP contribution in [0.15, 0.2) is 47.4 Å². The van der Waals surface area contributed by atoms with Gasteiger partial charge in [0.05, 0.1) is 16.1 Å². The predicted molar refractivity (Wildman–Crippen MR) is 125 cm³/mol. The molecule has 5 rings (SSSR count). The summed E-state index contributed by atoms with van der Waals surface area (Å²) in [7, 11) is -3.28. The van der Waals surface area contributed by atoms with Crippen molar-refractivity contribution in [2.75, 3.05) is 37.4 Å². The highest BCUT2D eigenvalue weighted by molar-refractivity contribution is 7.90. The number of hydrogen-bond acceptors (Lipinski definition) is 7. The van der Waals surface area contributed by atoms with Crippen LogP contribution >= 0.6 is 0 Å². The van der Waals surface area contributed by atoms with E-state index in [9.17, 15) is 8.42 Å². The molecule has 1 aromatic heterocycles. The lowest BCUT2D eigenvalue weighted by Gasteiger charge is -2.38. The normalized spacial score (nSPS) is 18.2. The maximum absolute atomic E-state index is 12.0. The van der Waals surface area contributed by atoms with E-state index < -0.39 is 9.84 Å². The summed E-state index contributed by atoms with van der Waals surface area (Å²) < 4.78 is 29.9. The molecule has 2 aliphatic rings. The second-order valence-corrected chi connectivity index (χ2v) is 10.7. The van der Waals surface area contributed by atoms with E-state index in [0.29, 0.717) is 24.1 Å². The van der Waals surface area contributed by atoms with Gasteiger partial charge in [-0.15, -0.1) is 0 Å². The molecule has 8 heteroatoms. The van der Waals surface area contributed by atoms with Gasteiger partial charge < -0.3 is 9.64 Å². The van der Waals surface area contributed by atoms with E-state index in [-0.39, 0.29) is 4.90 Å². The average molecular weight is 453 g/mol. The molecule has 0 N–H and O–H groups in total. The van der Waals surface area contributed by atoms with Crippen molar-refractivity contribution in [2.24, 2.45) is 0 Å². The highest BCUT2D eigenvalue weighted by Gasteiger charge is 2.28. The molecule has 2 aromatic carbocycles. The highest BCUT2D eigenvalue weighted by Crippen LogP contribution is 2.28. The maximum atomic E-state index is 12.0. The van der Waals surface area contributed by atoms with Crippen LogP contribution in [0.3, 0.4) is 0 Å². The molecular formula is C24H28N4O3S. The minimum Gasteiger partial charge on any atom is -0.492 e. The second-order valence-electron chi connectivity index (χ2n) is 8.71. The average Bonchev–Trinajstić information content (AvgIpc) is 3.01. The zero-order valence-electron chi connectivity index (χ0n) is 18.5. The molecular weight excluding hydrogens is 424 g/mol. The number of anilines is 1. The molecule has 0 aliphatic carbocycles. The van der Waals surface area contributed by atoms with Gasteiger partial charge in [0, 0.05) is 49.4 Å². The van der Waals surface area contributed by atoms with Crippen LogP contribution in [0.1, 0.15) is 24.1 Å². The van der Waals surface area contributed by atoms with Gasteiger partial charge in [-0.2, -0.15) is 0 Å². The number of aromatic nitrogens is 2. The lowest BCUT2D eigenvalue weighted by atomic mass is 10.0. The molecule has 0 bridgehead atoms. The first-order valence-electron chi connectivity index (χ1n) is 11.1. The summed E-state index contributed by atoms with van der Waals surface area (Å²) in [5.74, 6) is 1.68. The van der Waals surface area contributed by atoms with Gasteiger partial charge in [-0.1, -0.05) is 18.2 Å². The van der Waals surface area contributed by atoms with E-state index in [2.05, 4.69) is 28.0 Å². The number of ether oxygens (including phenoxy) is 1. The van der Waals surface area contributed by atoms with Crippen LogP contribution in [0.4, 0.5) is 5.95 Å². The van der Waals surface area contributed by atoms with Crippen molar-refractivity contribution in [1.82, 2.24) is 14.9 Å². The van der Waals surface area contributed by atoms with Crippen LogP contribution in [0.5, 0.6) is 5.75 Å². The highest BCUT2D eigenvalue weighted by atomic mass is 32.2. The van der Waals surface area contributed by atoms with Gasteiger partial charge in [0.1, 0.15) is 12.4 Å². The van der Waals surface area contributed by atoms with Crippen molar-refractivity contribution in [2.45, 2.75) is 37.2 Å². The number of nitrogens with zero attached hydrogens (tertiary/aromatic N) is 4. The third-order valence-electron chi connectivity index (χ3n) is 6.52. The molecule has 7 nitrogen and oxygen atoms in total. The van der Waals surface area contributed by atoms with E-state index in [0.717, 1.165) is 55.9 Å². The fourth-order valence-electron chi connectivity index (χ4n) is 4.71. The zero-order chi connectivity index (χ0) is 22.3.